The maximum atomic E-state index is 12.7. The lowest BCUT2D eigenvalue weighted by Gasteiger charge is -2.18. The molecule has 3 rings (SSSR count). The van der Waals surface area contributed by atoms with Gasteiger partial charge in [-0.25, -0.2) is 4.79 Å². The third-order valence-corrected chi connectivity index (χ3v) is 4.94. The number of H-pyrrole nitrogens is 1. The number of aryl methyl sites for hydroxylation is 1. The Bertz CT molecular complexity index is 877. The molecule has 1 aliphatic heterocycles. The van der Waals surface area contributed by atoms with Crippen molar-refractivity contribution in [3.8, 4) is 0 Å². The quantitative estimate of drug-likeness (QED) is 0.588. The first-order valence-corrected chi connectivity index (χ1v) is 8.86. The highest BCUT2D eigenvalue weighted by Gasteiger charge is 2.38. The number of amides is 2. The number of hydrogen-bond acceptors (Lipinski definition) is 4. The molecular weight excluding hydrogens is 402 g/mol. The van der Waals surface area contributed by atoms with Crippen LogP contribution in [0.4, 0.5) is 11.4 Å². The summed E-state index contributed by atoms with van der Waals surface area (Å²) in [7, 11) is 1.26. The molecule has 1 aromatic carbocycles. The van der Waals surface area contributed by atoms with E-state index in [0.29, 0.717) is 24.3 Å². The minimum Gasteiger partial charge on any atom is -0.464 e. The van der Waals surface area contributed by atoms with Crippen LogP contribution in [0.5, 0.6) is 0 Å². The van der Waals surface area contributed by atoms with Gasteiger partial charge in [-0.1, -0.05) is 12.1 Å². The smallest absolute Gasteiger partial charge is 0.356 e. The first kappa shape index (κ1) is 18.2. The molecule has 1 saturated heterocycles. The van der Waals surface area contributed by atoms with E-state index in [1.165, 1.54) is 7.11 Å². The number of esters is 1. The molecular formula is C18H18BrN3O4. The zero-order valence-corrected chi connectivity index (χ0v) is 15.9. The fourth-order valence-corrected chi connectivity index (χ4v) is 3.50. The molecule has 1 atom stereocenters. The zero-order valence-electron chi connectivity index (χ0n) is 14.3. The number of nitrogens with zero attached hydrogens (tertiary/aromatic N) is 1. The summed E-state index contributed by atoms with van der Waals surface area (Å²) in [5, 5.41) is 2.68. The number of carbonyl (C=O) groups excluding carboxylic acids is 3. The zero-order chi connectivity index (χ0) is 18.8. The molecule has 2 amide bonds. The topological polar surface area (TPSA) is 91.5 Å². The first-order chi connectivity index (χ1) is 12.4. The van der Waals surface area contributed by atoms with Crippen LogP contribution in [0.15, 0.2) is 34.8 Å². The number of aromatic nitrogens is 1. The molecule has 26 heavy (non-hydrogen) atoms. The third kappa shape index (κ3) is 3.37. The number of methoxy groups -OCH3 is 1. The normalized spacial score (nSPS) is 16.7. The van der Waals surface area contributed by atoms with Crippen molar-refractivity contribution in [3.05, 3.63) is 46.2 Å². The van der Waals surface area contributed by atoms with Gasteiger partial charge in [0.2, 0.25) is 11.8 Å². The van der Waals surface area contributed by atoms with E-state index in [1.807, 2.05) is 24.3 Å². The van der Waals surface area contributed by atoms with E-state index >= 15 is 0 Å². The maximum absolute atomic E-state index is 12.7. The van der Waals surface area contributed by atoms with Crippen LogP contribution in [-0.2, 0) is 14.3 Å². The van der Waals surface area contributed by atoms with Gasteiger partial charge >= 0.3 is 5.97 Å². The Morgan fingerprint density at radius 1 is 1.35 bits per heavy atom. The molecule has 2 N–H and O–H groups in total. The van der Waals surface area contributed by atoms with Crippen LogP contribution < -0.4 is 10.2 Å². The summed E-state index contributed by atoms with van der Waals surface area (Å²) in [5.74, 6) is -2.08. The number of benzene rings is 1. The van der Waals surface area contributed by atoms with E-state index in [9.17, 15) is 14.4 Å². The van der Waals surface area contributed by atoms with Gasteiger partial charge in [0.05, 0.1) is 18.5 Å². The molecule has 7 nitrogen and oxygen atoms in total. The summed E-state index contributed by atoms with van der Waals surface area (Å²) >= 11 is 3.43. The van der Waals surface area contributed by atoms with Crippen molar-refractivity contribution in [1.29, 1.82) is 0 Å². The summed E-state index contributed by atoms with van der Waals surface area (Å²) in [6.45, 7) is 2.22. The van der Waals surface area contributed by atoms with Gasteiger partial charge < -0.3 is 19.9 Å². The van der Waals surface area contributed by atoms with Crippen LogP contribution in [-0.4, -0.2) is 36.4 Å². The van der Waals surface area contributed by atoms with Gasteiger partial charge in [0.1, 0.15) is 11.6 Å². The van der Waals surface area contributed by atoms with Crippen molar-refractivity contribution in [1.82, 2.24) is 4.98 Å². The van der Waals surface area contributed by atoms with Crippen LogP contribution in [0.3, 0.4) is 0 Å². The second kappa shape index (κ2) is 7.33. The van der Waals surface area contributed by atoms with E-state index in [1.54, 1.807) is 17.9 Å². The van der Waals surface area contributed by atoms with Crippen LogP contribution in [0.25, 0.3) is 0 Å². The number of anilines is 2. The molecule has 0 aliphatic carbocycles. The first-order valence-electron chi connectivity index (χ1n) is 8.07. The Hall–Kier alpha value is -2.61. The number of aromatic amines is 1. The van der Waals surface area contributed by atoms with Gasteiger partial charge in [-0.2, -0.15) is 0 Å². The monoisotopic (exact) mass is 419 g/mol. The highest BCUT2D eigenvalue weighted by molar-refractivity contribution is 9.10. The lowest BCUT2D eigenvalue weighted by molar-refractivity contribution is -0.129. The average Bonchev–Trinajstić information content (AvgIpc) is 3.17. The van der Waals surface area contributed by atoms with E-state index in [2.05, 4.69) is 26.2 Å². The van der Waals surface area contributed by atoms with Gasteiger partial charge in [-0.05, 0) is 47.5 Å². The molecule has 0 saturated carbocycles. The maximum Gasteiger partial charge on any atom is 0.356 e. The molecule has 0 radical (unpaired) electrons. The molecule has 2 aromatic rings. The van der Waals surface area contributed by atoms with E-state index in [4.69, 9.17) is 4.74 Å². The number of nitrogens with one attached hydrogen (secondary N) is 2. The van der Waals surface area contributed by atoms with E-state index in [-0.39, 0.29) is 11.6 Å². The number of halogens is 1. The molecule has 0 unspecified atom stereocenters. The number of para-hydroxylation sites is 1. The molecule has 2 heterocycles. The molecule has 1 aliphatic rings. The van der Waals surface area contributed by atoms with Crippen LogP contribution >= 0.6 is 15.9 Å². The standard InChI is InChI=1S/C18H18BrN3O4/c1-10-9-13(15(20-10)18(25)26-2)21-16(23)11-7-8-22(17(11)24)14-6-4-3-5-12(14)19/h3-6,9,11,20H,7-8H2,1-2H3,(H,21,23)/t11-/m1/s1. The molecule has 0 spiro atoms. The lowest BCUT2D eigenvalue weighted by Crippen LogP contribution is -2.33. The van der Waals surface area contributed by atoms with Crippen molar-refractivity contribution in [2.24, 2.45) is 5.92 Å². The Morgan fingerprint density at radius 3 is 2.77 bits per heavy atom. The fraction of sp³-hybridized carbons (Fsp3) is 0.278. The number of carbonyl (C=O) groups is 3. The van der Waals surface area contributed by atoms with Crippen LogP contribution in [0.1, 0.15) is 22.6 Å². The van der Waals surface area contributed by atoms with Gasteiger partial charge in [0.15, 0.2) is 0 Å². The van der Waals surface area contributed by atoms with Crippen molar-refractivity contribution in [2.75, 3.05) is 23.9 Å². The number of ether oxygens (including phenoxy) is 1. The van der Waals surface area contributed by atoms with Crippen molar-refractivity contribution in [3.63, 3.8) is 0 Å². The molecule has 136 valence electrons. The number of rotatable bonds is 4. The Balaban J connectivity index is 1.77. The molecule has 0 bridgehead atoms. The molecule has 1 aromatic heterocycles. The van der Waals surface area contributed by atoms with Gasteiger partial charge in [0.25, 0.3) is 0 Å². The Kier molecular flexibility index (Phi) is 5.13. The van der Waals surface area contributed by atoms with Crippen molar-refractivity contribution >= 4 is 45.1 Å². The second-order valence-electron chi connectivity index (χ2n) is 6.00. The third-order valence-electron chi connectivity index (χ3n) is 4.26. The van der Waals surface area contributed by atoms with E-state index in [0.717, 1.165) is 10.2 Å². The summed E-state index contributed by atoms with van der Waals surface area (Å²) in [5.41, 5.74) is 1.91. The largest absolute Gasteiger partial charge is 0.464 e. The summed E-state index contributed by atoms with van der Waals surface area (Å²) in [6, 6.07) is 9.01. The minimum absolute atomic E-state index is 0.159. The van der Waals surface area contributed by atoms with Crippen LogP contribution in [0.2, 0.25) is 0 Å². The highest BCUT2D eigenvalue weighted by atomic mass is 79.9. The highest BCUT2D eigenvalue weighted by Crippen LogP contribution is 2.32. The predicted octanol–water partition coefficient (Wildman–Crippen LogP) is 2.86. The molecule has 1 fully saturated rings. The SMILES string of the molecule is COC(=O)c1[nH]c(C)cc1NC(=O)[C@H]1CCN(c2ccccc2Br)C1=O. The summed E-state index contributed by atoms with van der Waals surface area (Å²) in [6.07, 6.45) is 0.406. The summed E-state index contributed by atoms with van der Waals surface area (Å²) < 4.78 is 5.50. The minimum atomic E-state index is -0.803. The predicted molar refractivity (Wildman–Crippen MR) is 100 cm³/mol. The van der Waals surface area contributed by atoms with Gasteiger partial charge in [0, 0.05) is 16.7 Å². The summed E-state index contributed by atoms with van der Waals surface area (Å²) in [4.78, 5) is 41.6. The van der Waals surface area contributed by atoms with E-state index < -0.39 is 17.8 Å². The lowest BCUT2D eigenvalue weighted by atomic mass is 10.1. The van der Waals surface area contributed by atoms with Crippen molar-refractivity contribution in [2.45, 2.75) is 13.3 Å². The average molecular weight is 420 g/mol. The Morgan fingerprint density at radius 2 is 2.08 bits per heavy atom. The van der Waals surface area contributed by atoms with Crippen molar-refractivity contribution < 1.29 is 19.1 Å². The Labute approximate surface area is 158 Å². The number of hydrogen-bond donors (Lipinski definition) is 2. The van der Waals surface area contributed by atoms with Crippen LogP contribution in [0, 0.1) is 12.8 Å². The molecule has 8 heteroatoms. The van der Waals surface area contributed by atoms with Gasteiger partial charge in [-0.15, -0.1) is 0 Å². The van der Waals surface area contributed by atoms with Gasteiger partial charge in [-0.3, -0.25) is 9.59 Å². The fourth-order valence-electron chi connectivity index (χ4n) is 3.00. The second-order valence-corrected chi connectivity index (χ2v) is 6.86.